The molecular weight excluding hydrogens is 295 g/mol. The molecular formula is C23H27F. The van der Waals surface area contributed by atoms with Crippen LogP contribution in [0.3, 0.4) is 0 Å². The van der Waals surface area contributed by atoms with Gasteiger partial charge in [0.2, 0.25) is 0 Å². The van der Waals surface area contributed by atoms with E-state index < -0.39 is 0 Å². The van der Waals surface area contributed by atoms with Crippen molar-refractivity contribution in [2.24, 2.45) is 0 Å². The van der Waals surface area contributed by atoms with Gasteiger partial charge in [0.05, 0.1) is 0 Å². The first kappa shape index (κ1) is 17.0. The molecule has 24 heavy (non-hydrogen) atoms. The van der Waals surface area contributed by atoms with Gasteiger partial charge in [-0.15, -0.1) is 0 Å². The van der Waals surface area contributed by atoms with Gasteiger partial charge in [0.1, 0.15) is 5.82 Å². The van der Waals surface area contributed by atoms with Crippen molar-refractivity contribution in [3.05, 3.63) is 76.6 Å². The number of halogens is 1. The minimum absolute atomic E-state index is 0.0137. The smallest absolute Gasteiger partial charge is 0.126 e. The van der Waals surface area contributed by atoms with Crippen molar-refractivity contribution < 1.29 is 4.39 Å². The zero-order valence-electron chi connectivity index (χ0n) is 14.7. The van der Waals surface area contributed by atoms with Crippen molar-refractivity contribution in [2.75, 3.05) is 0 Å². The highest BCUT2D eigenvalue weighted by atomic mass is 19.1. The predicted molar refractivity (Wildman–Crippen MR) is 101 cm³/mol. The first-order chi connectivity index (χ1) is 11.7. The number of aryl methyl sites for hydroxylation is 2. The van der Waals surface area contributed by atoms with Gasteiger partial charge in [0, 0.05) is 0 Å². The molecule has 2 aromatic carbocycles. The molecule has 0 heterocycles. The molecule has 0 amide bonds. The van der Waals surface area contributed by atoms with Crippen molar-refractivity contribution in [3.63, 3.8) is 0 Å². The van der Waals surface area contributed by atoms with Crippen molar-refractivity contribution in [3.8, 4) is 0 Å². The molecule has 2 aromatic rings. The van der Waals surface area contributed by atoms with Crippen LogP contribution >= 0.6 is 0 Å². The summed E-state index contributed by atoms with van der Waals surface area (Å²) in [7, 11) is 0. The van der Waals surface area contributed by atoms with Crippen LogP contribution in [0.1, 0.15) is 66.3 Å². The second kappa shape index (κ2) is 7.79. The lowest BCUT2D eigenvalue weighted by atomic mass is 9.79. The van der Waals surface area contributed by atoms with Crippen molar-refractivity contribution in [1.29, 1.82) is 0 Å². The van der Waals surface area contributed by atoms with Crippen LogP contribution in [0.5, 0.6) is 0 Å². The van der Waals surface area contributed by atoms with Crippen molar-refractivity contribution in [2.45, 2.75) is 57.8 Å². The zero-order chi connectivity index (χ0) is 16.9. The summed E-state index contributed by atoms with van der Waals surface area (Å²) < 4.78 is 14.6. The minimum Gasteiger partial charge on any atom is -0.207 e. The molecule has 0 aromatic heterocycles. The SMILES string of the molecule is C=Cc1ccc2c(c1)CCC(c1ccc(CCCCC)cc1F)C2. The highest BCUT2D eigenvalue weighted by Gasteiger charge is 2.22. The minimum atomic E-state index is -0.0137. The summed E-state index contributed by atoms with van der Waals surface area (Å²) in [6, 6.07) is 12.5. The third kappa shape index (κ3) is 3.77. The Morgan fingerprint density at radius 1 is 1.12 bits per heavy atom. The van der Waals surface area contributed by atoms with Crippen LogP contribution in [0.4, 0.5) is 4.39 Å². The predicted octanol–water partition coefficient (Wildman–Crippen LogP) is 6.47. The highest BCUT2D eigenvalue weighted by molar-refractivity contribution is 5.51. The van der Waals surface area contributed by atoms with Gasteiger partial charge < -0.3 is 0 Å². The van der Waals surface area contributed by atoms with Crippen LogP contribution in [0, 0.1) is 5.82 Å². The van der Waals surface area contributed by atoms with E-state index in [-0.39, 0.29) is 5.82 Å². The lowest BCUT2D eigenvalue weighted by molar-refractivity contribution is 0.532. The number of benzene rings is 2. The molecule has 0 N–H and O–H groups in total. The van der Waals surface area contributed by atoms with Gasteiger partial charge in [-0.25, -0.2) is 4.39 Å². The standard InChI is InChI=1S/C23H27F/c1-3-5-6-7-18-9-13-22(23(24)15-18)21-12-11-19-14-17(4-2)8-10-20(19)16-21/h4,8-10,13-15,21H,2-3,5-7,11-12,16H2,1H3. The van der Waals surface area contributed by atoms with Gasteiger partial charge in [0.15, 0.2) is 0 Å². The van der Waals surface area contributed by atoms with E-state index in [1.54, 1.807) is 6.07 Å². The maximum Gasteiger partial charge on any atom is 0.126 e. The molecule has 1 aliphatic carbocycles. The lowest BCUT2D eigenvalue weighted by Crippen LogP contribution is -2.14. The van der Waals surface area contributed by atoms with E-state index in [0.29, 0.717) is 5.92 Å². The summed E-state index contributed by atoms with van der Waals surface area (Å²) in [5, 5.41) is 0. The molecule has 1 heteroatoms. The first-order valence-corrected chi connectivity index (χ1v) is 9.23. The second-order valence-electron chi connectivity index (χ2n) is 6.98. The van der Waals surface area contributed by atoms with Crippen molar-refractivity contribution in [1.82, 2.24) is 0 Å². The quantitative estimate of drug-likeness (QED) is 0.534. The largest absolute Gasteiger partial charge is 0.207 e. The zero-order valence-corrected chi connectivity index (χ0v) is 14.7. The number of unbranched alkanes of at least 4 members (excludes halogenated alkanes) is 2. The molecule has 0 saturated heterocycles. The van der Waals surface area contributed by atoms with Crippen LogP contribution in [-0.4, -0.2) is 0 Å². The number of rotatable bonds is 6. The molecule has 3 rings (SSSR count). The Balaban J connectivity index is 1.74. The first-order valence-electron chi connectivity index (χ1n) is 9.23. The summed E-state index contributed by atoms with van der Waals surface area (Å²) >= 11 is 0. The summed E-state index contributed by atoms with van der Waals surface area (Å²) in [5.41, 5.74) is 5.97. The molecule has 0 bridgehead atoms. The van der Waals surface area contributed by atoms with E-state index >= 15 is 0 Å². The average Bonchev–Trinajstić information content (AvgIpc) is 2.61. The Morgan fingerprint density at radius 2 is 2.00 bits per heavy atom. The molecule has 0 aliphatic heterocycles. The third-order valence-electron chi connectivity index (χ3n) is 5.27. The van der Waals surface area contributed by atoms with E-state index in [0.717, 1.165) is 43.2 Å². The van der Waals surface area contributed by atoms with Crippen LogP contribution < -0.4 is 0 Å². The second-order valence-corrected chi connectivity index (χ2v) is 6.98. The molecule has 0 spiro atoms. The fourth-order valence-corrected chi connectivity index (χ4v) is 3.80. The maximum absolute atomic E-state index is 14.6. The van der Waals surface area contributed by atoms with E-state index in [9.17, 15) is 4.39 Å². The third-order valence-corrected chi connectivity index (χ3v) is 5.27. The van der Waals surface area contributed by atoms with Crippen LogP contribution in [0.25, 0.3) is 6.08 Å². The monoisotopic (exact) mass is 322 g/mol. The summed E-state index contributed by atoms with van der Waals surface area (Å²) in [4.78, 5) is 0. The average molecular weight is 322 g/mol. The topological polar surface area (TPSA) is 0 Å². The summed E-state index contributed by atoms with van der Waals surface area (Å²) in [6.07, 6.45) is 9.45. The van der Waals surface area contributed by atoms with E-state index in [1.165, 1.54) is 29.5 Å². The molecule has 1 atom stereocenters. The number of fused-ring (bicyclic) bond motifs is 1. The fourth-order valence-electron chi connectivity index (χ4n) is 3.80. The molecule has 126 valence electrons. The van der Waals surface area contributed by atoms with Gasteiger partial charge in [-0.1, -0.05) is 62.8 Å². The Labute approximate surface area is 145 Å². The van der Waals surface area contributed by atoms with Crippen molar-refractivity contribution >= 4 is 6.08 Å². The number of hydrogen-bond acceptors (Lipinski definition) is 0. The highest BCUT2D eigenvalue weighted by Crippen LogP contribution is 2.34. The van der Waals surface area contributed by atoms with Gasteiger partial charge in [-0.05, 0) is 71.9 Å². The Hall–Kier alpha value is -1.89. The fraction of sp³-hybridized carbons (Fsp3) is 0.391. The van der Waals surface area contributed by atoms with Crippen LogP contribution in [0.2, 0.25) is 0 Å². The van der Waals surface area contributed by atoms with Crippen LogP contribution in [-0.2, 0) is 19.3 Å². The molecule has 0 nitrogen and oxygen atoms in total. The van der Waals surface area contributed by atoms with Gasteiger partial charge >= 0.3 is 0 Å². The molecule has 0 fully saturated rings. The Bertz CT molecular complexity index is 714. The molecule has 0 saturated carbocycles. The van der Waals surface area contributed by atoms with E-state index in [2.05, 4.69) is 37.8 Å². The van der Waals surface area contributed by atoms with E-state index in [1.807, 2.05) is 12.1 Å². The number of hydrogen-bond donors (Lipinski definition) is 0. The Morgan fingerprint density at radius 3 is 2.75 bits per heavy atom. The van der Waals surface area contributed by atoms with Gasteiger partial charge in [0.25, 0.3) is 0 Å². The summed E-state index contributed by atoms with van der Waals surface area (Å²) in [5.74, 6) is 0.289. The summed E-state index contributed by atoms with van der Waals surface area (Å²) in [6.45, 7) is 6.04. The lowest BCUT2D eigenvalue weighted by Gasteiger charge is -2.26. The van der Waals surface area contributed by atoms with Gasteiger partial charge in [-0.3, -0.25) is 0 Å². The van der Waals surface area contributed by atoms with Crippen LogP contribution in [0.15, 0.2) is 43.0 Å². The molecule has 0 radical (unpaired) electrons. The maximum atomic E-state index is 14.6. The molecule has 1 aliphatic rings. The van der Waals surface area contributed by atoms with Gasteiger partial charge in [-0.2, -0.15) is 0 Å². The molecule has 1 unspecified atom stereocenters. The Kier molecular flexibility index (Phi) is 5.50. The normalized spacial score (nSPS) is 16.7. The van der Waals surface area contributed by atoms with E-state index in [4.69, 9.17) is 0 Å².